The number of amides is 1. The lowest BCUT2D eigenvalue weighted by Crippen LogP contribution is -2.50. The Morgan fingerprint density at radius 2 is 2.15 bits per heavy atom. The second-order valence-corrected chi connectivity index (χ2v) is 5.08. The summed E-state index contributed by atoms with van der Waals surface area (Å²) in [6.07, 6.45) is 1.90. The predicted molar refractivity (Wildman–Crippen MR) is 77.6 cm³/mol. The van der Waals surface area contributed by atoms with Crippen LogP contribution >= 0.6 is 0 Å². The molecule has 2 N–H and O–H groups in total. The molecule has 1 fully saturated rings. The first kappa shape index (κ1) is 13.1. The fourth-order valence-electron chi connectivity index (χ4n) is 2.52. The molecule has 1 saturated heterocycles. The van der Waals surface area contributed by atoms with Crippen molar-refractivity contribution in [1.82, 2.24) is 15.2 Å². The van der Waals surface area contributed by atoms with Crippen LogP contribution in [0.3, 0.4) is 0 Å². The SMILES string of the molecule is CC(NC(=O)c1ccc2cc[nH]c2c1)N1CCOCC1. The third-order valence-electron chi connectivity index (χ3n) is 3.75. The van der Waals surface area contributed by atoms with Gasteiger partial charge in [-0.05, 0) is 30.5 Å². The molecule has 2 aromatic rings. The number of nitrogens with one attached hydrogen (secondary N) is 2. The van der Waals surface area contributed by atoms with E-state index in [9.17, 15) is 4.79 Å². The van der Waals surface area contributed by atoms with Gasteiger partial charge in [0.25, 0.3) is 5.91 Å². The van der Waals surface area contributed by atoms with E-state index in [1.54, 1.807) is 0 Å². The third-order valence-corrected chi connectivity index (χ3v) is 3.75. The molecular weight excluding hydrogens is 254 g/mol. The van der Waals surface area contributed by atoms with Crippen molar-refractivity contribution in [2.45, 2.75) is 13.1 Å². The van der Waals surface area contributed by atoms with E-state index in [1.165, 1.54) is 0 Å². The number of hydrogen-bond acceptors (Lipinski definition) is 3. The summed E-state index contributed by atoms with van der Waals surface area (Å²) in [5, 5.41) is 4.15. The van der Waals surface area contributed by atoms with Gasteiger partial charge in [0, 0.05) is 30.4 Å². The van der Waals surface area contributed by atoms with Crippen molar-refractivity contribution in [2.24, 2.45) is 0 Å². The van der Waals surface area contributed by atoms with Crippen LogP contribution in [0.5, 0.6) is 0 Å². The lowest BCUT2D eigenvalue weighted by atomic mass is 10.1. The molecule has 1 aromatic heterocycles. The Labute approximate surface area is 117 Å². The Morgan fingerprint density at radius 3 is 2.95 bits per heavy atom. The molecule has 1 aliphatic heterocycles. The van der Waals surface area contributed by atoms with Crippen LogP contribution in [0.25, 0.3) is 10.9 Å². The number of hydrogen-bond donors (Lipinski definition) is 2. The quantitative estimate of drug-likeness (QED) is 0.892. The number of morpholine rings is 1. The minimum absolute atomic E-state index is 0.0192. The van der Waals surface area contributed by atoms with Crippen LogP contribution < -0.4 is 5.32 Å². The molecule has 1 amide bonds. The largest absolute Gasteiger partial charge is 0.379 e. The molecule has 0 spiro atoms. The molecule has 1 aromatic carbocycles. The maximum atomic E-state index is 12.3. The van der Waals surface area contributed by atoms with E-state index in [0.29, 0.717) is 5.56 Å². The van der Waals surface area contributed by atoms with Crippen LogP contribution in [0.4, 0.5) is 0 Å². The molecule has 1 unspecified atom stereocenters. The zero-order chi connectivity index (χ0) is 13.9. The molecule has 1 aliphatic rings. The first-order valence-electron chi connectivity index (χ1n) is 6.94. The number of benzene rings is 1. The van der Waals surface area contributed by atoms with Gasteiger partial charge in [-0.3, -0.25) is 9.69 Å². The van der Waals surface area contributed by atoms with Crippen molar-refractivity contribution >= 4 is 16.8 Å². The van der Waals surface area contributed by atoms with E-state index >= 15 is 0 Å². The number of nitrogens with zero attached hydrogens (tertiary/aromatic N) is 1. The van der Waals surface area contributed by atoms with Crippen molar-refractivity contribution in [2.75, 3.05) is 26.3 Å². The number of carbonyl (C=O) groups excluding carboxylic acids is 1. The summed E-state index contributed by atoms with van der Waals surface area (Å²) in [5.74, 6) is -0.0412. The van der Waals surface area contributed by atoms with E-state index in [-0.39, 0.29) is 12.1 Å². The van der Waals surface area contributed by atoms with E-state index in [1.807, 2.05) is 37.4 Å². The van der Waals surface area contributed by atoms with E-state index in [2.05, 4.69) is 15.2 Å². The van der Waals surface area contributed by atoms with Crippen LogP contribution in [-0.4, -0.2) is 48.3 Å². The van der Waals surface area contributed by atoms with Crippen LogP contribution in [-0.2, 0) is 4.74 Å². The van der Waals surface area contributed by atoms with Gasteiger partial charge in [0.2, 0.25) is 0 Å². The second-order valence-electron chi connectivity index (χ2n) is 5.08. The summed E-state index contributed by atoms with van der Waals surface area (Å²) >= 11 is 0. The highest BCUT2D eigenvalue weighted by Gasteiger charge is 2.19. The molecule has 0 radical (unpaired) electrons. The lowest BCUT2D eigenvalue weighted by molar-refractivity contribution is 0.0133. The van der Waals surface area contributed by atoms with Crippen LogP contribution in [0, 0.1) is 0 Å². The number of ether oxygens (including phenoxy) is 1. The minimum atomic E-state index is -0.0412. The highest BCUT2D eigenvalue weighted by molar-refractivity contribution is 5.98. The van der Waals surface area contributed by atoms with Gasteiger partial charge in [0.15, 0.2) is 0 Å². The summed E-state index contributed by atoms with van der Waals surface area (Å²) in [6, 6.07) is 7.70. The van der Waals surface area contributed by atoms with Gasteiger partial charge in [0.05, 0.1) is 19.4 Å². The highest BCUT2D eigenvalue weighted by Crippen LogP contribution is 2.14. The average Bonchev–Trinajstić information content (AvgIpc) is 2.95. The number of H-pyrrole nitrogens is 1. The van der Waals surface area contributed by atoms with E-state index in [0.717, 1.165) is 37.2 Å². The number of aromatic nitrogens is 1. The Kier molecular flexibility index (Phi) is 3.71. The standard InChI is InChI=1S/C15H19N3O2/c1-11(18-6-8-20-9-7-18)17-15(19)13-3-2-12-4-5-16-14(12)10-13/h2-5,10-11,16H,6-9H2,1H3,(H,17,19). The van der Waals surface area contributed by atoms with Gasteiger partial charge in [-0.25, -0.2) is 0 Å². The molecule has 20 heavy (non-hydrogen) atoms. The van der Waals surface area contributed by atoms with Crippen LogP contribution in [0.2, 0.25) is 0 Å². The van der Waals surface area contributed by atoms with Gasteiger partial charge >= 0.3 is 0 Å². The predicted octanol–water partition coefficient (Wildman–Crippen LogP) is 1.58. The molecule has 0 bridgehead atoms. The normalized spacial score (nSPS) is 18.1. The maximum Gasteiger partial charge on any atom is 0.252 e. The van der Waals surface area contributed by atoms with Crippen molar-refractivity contribution in [3.63, 3.8) is 0 Å². The van der Waals surface area contributed by atoms with Crippen LogP contribution in [0.1, 0.15) is 17.3 Å². The molecule has 5 nitrogen and oxygen atoms in total. The van der Waals surface area contributed by atoms with Gasteiger partial charge < -0.3 is 15.0 Å². The summed E-state index contributed by atoms with van der Waals surface area (Å²) < 4.78 is 5.32. The number of rotatable bonds is 3. The third kappa shape index (κ3) is 2.69. The summed E-state index contributed by atoms with van der Waals surface area (Å²) in [5.41, 5.74) is 1.66. The van der Waals surface area contributed by atoms with Crippen molar-refractivity contribution in [3.8, 4) is 0 Å². The zero-order valence-corrected chi connectivity index (χ0v) is 11.6. The summed E-state index contributed by atoms with van der Waals surface area (Å²) in [4.78, 5) is 17.6. The Balaban J connectivity index is 1.68. The summed E-state index contributed by atoms with van der Waals surface area (Å²) in [6.45, 7) is 5.19. The maximum absolute atomic E-state index is 12.3. The minimum Gasteiger partial charge on any atom is -0.379 e. The Morgan fingerprint density at radius 1 is 1.35 bits per heavy atom. The van der Waals surface area contributed by atoms with Crippen molar-refractivity contribution in [3.05, 3.63) is 36.0 Å². The molecule has 3 rings (SSSR count). The molecule has 5 heteroatoms. The average molecular weight is 273 g/mol. The first-order valence-corrected chi connectivity index (χ1v) is 6.94. The Hall–Kier alpha value is -1.85. The molecule has 1 atom stereocenters. The Bertz CT molecular complexity index is 602. The topological polar surface area (TPSA) is 57.4 Å². The second kappa shape index (κ2) is 5.64. The molecule has 106 valence electrons. The summed E-state index contributed by atoms with van der Waals surface area (Å²) in [7, 11) is 0. The number of fused-ring (bicyclic) bond motifs is 1. The first-order chi connectivity index (χ1) is 9.74. The monoisotopic (exact) mass is 273 g/mol. The molecule has 2 heterocycles. The fourth-order valence-corrected chi connectivity index (χ4v) is 2.52. The molecule has 0 aliphatic carbocycles. The smallest absolute Gasteiger partial charge is 0.252 e. The van der Waals surface area contributed by atoms with E-state index in [4.69, 9.17) is 4.74 Å². The fraction of sp³-hybridized carbons (Fsp3) is 0.400. The van der Waals surface area contributed by atoms with Gasteiger partial charge in [0.1, 0.15) is 0 Å². The number of carbonyl (C=O) groups is 1. The number of aromatic amines is 1. The van der Waals surface area contributed by atoms with Gasteiger partial charge in [-0.1, -0.05) is 6.07 Å². The van der Waals surface area contributed by atoms with Crippen molar-refractivity contribution < 1.29 is 9.53 Å². The van der Waals surface area contributed by atoms with Gasteiger partial charge in [-0.15, -0.1) is 0 Å². The highest BCUT2D eigenvalue weighted by atomic mass is 16.5. The van der Waals surface area contributed by atoms with Crippen LogP contribution in [0.15, 0.2) is 30.5 Å². The molecule has 0 saturated carbocycles. The molecular formula is C15H19N3O2. The lowest BCUT2D eigenvalue weighted by Gasteiger charge is -2.32. The van der Waals surface area contributed by atoms with E-state index < -0.39 is 0 Å². The van der Waals surface area contributed by atoms with Crippen molar-refractivity contribution in [1.29, 1.82) is 0 Å². The zero-order valence-electron chi connectivity index (χ0n) is 11.6. The van der Waals surface area contributed by atoms with Gasteiger partial charge in [-0.2, -0.15) is 0 Å².